The summed E-state index contributed by atoms with van der Waals surface area (Å²) in [5.74, 6) is 0.760. The molecule has 0 aliphatic carbocycles. The second-order valence-corrected chi connectivity index (χ2v) is 8.52. The summed E-state index contributed by atoms with van der Waals surface area (Å²) in [6.07, 6.45) is 8.02. The van der Waals surface area contributed by atoms with Gasteiger partial charge in [-0.2, -0.15) is 5.26 Å². The molecule has 1 aliphatic rings. The lowest BCUT2D eigenvalue weighted by molar-refractivity contribution is 0.0404. The first-order valence-electron chi connectivity index (χ1n) is 11.6. The Balaban J connectivity index is 1.61. The number of hydrogen-bond acceptors (Lipinski definition) is 6. The molecule has 2 aromatic rings. The molecule has 2 heterocycles. The van der Waals surface area contributed by atoms with Gasteiger partial charge in [-0.1, -0.05) is 32.6 Å². The van der Waals surface area contributed by atoms with Crippen molar-refractivity contribution in [3.05, 3.63) is 36.0 Å². The molecule has 1 saturated heterocycles. The average molecular weight is 425 g/mol. The number of hydrogen-bond donors (Lipinski definition) is 1. The van der Waals surface area contributed by atoms with Gasteiger partial charge in [-0.15, -0.1) is 0 Å². The summed E-state index contributed by atoms with van der Waals surface area (Å²) >= 11 is 0. The summed E-state index contributed by atoms with van der Waals surface area (Å²) in [7, 11) is 1.65. The minimum absolute atomic E-state index is 0.242. The zero-order chi connectivity index (χ0) is 22.1. The predicted molar refractivity (Wildman–Crippen MR) is 124 cm³/mol. The highest BCUT2D eigenvalue weighted by atomic mass is 16.5. The van der Waals surface area contributed by atoms with E-state index < -0.39 is 6.10 Å². The lowest BCUT2D eigenvalue weighted by Crippen LogP contribution is -2.53. The first kappa shape index (κ1) is 23.5. The minimum Gasteiger partial charge on any atom is -0.497 e. The largest absolute Gasteiger partial charge is 0.497 e. The molecule has 31 heavy (non-hydrogen) atoms. The van der Waals surface area contributed by atoms with Crippen molar-refractivity contribution in [3.8, 4) is 11.8 Å². The summed E-state index contributed by atoms with van der Waals surface area (Å²) in [5, 5.41) is 21.3. The van der Waals surface area contributed by atoms with Crippen LogP contribution in [0.1, 0.15) is 57.1 Å². The van der Waals surface area contributed by atoms with E-state index in [0.29, 0.717) is 13.0 Å². The van der Waals surface area contributed by atoms with Crippen LogP contribution in [-0.2, 0) is 0 Å². The number of rotatable bonds is 11. The first-order chi connectivity index (χ1) is 15.2. The molecular weight excluding hydrogens is 388 g/mol. The van der Waals surface area contributed by atoms with Gasteiger partial charge in [-0.05, 0) is 42.8 Å². The number of nitriles is 1. The van der Waals surface area contributed by atoms with E-state index in [1.165, 1.54) is 32.1 Å². The molecule has 168 valence electrons. The number of benzene rings is 1. The van der Waals surface area contributed by atoms with Crippen LogP contribution in [0.15, 0.2) is 30.5 Å². The van der Waals surface area contributed by atoms with Gasteiger partial charge in [0.15, 0.2) is 0 Å². The molecule has 6 nitrogen and oxygen atoms in total. The van der Waals surface area contributed by atoms with E-state index in [4.69, 9.17) is 4.74 Å². The average Bonchev–Trinajstić information content (AvgIpc) is 2.79. The van der Waals surface area contributed by atoms with Crippen LogP contribution >= 0.6 is 0 Å². The maximum absolute atomic E-state index is 11.1. The van der Waals surface area contributed by atoms with Crippen molar-refractivity contribution < 1.29 is 9.84 Å². The Bertz CT molecular complexity index is 866. The van der Waals surface area contributed by atoms with Crippen LogP contribution in [0.4, 0.5) is 0 Å². The maximum atomic E-state index is 11.1. The molecule has 0 unspecified atom stereocenters. The minimum atomic E-state index is -0.610. The smallest absolute Gasteiger partial charge is 0.119 e. The van der Waals surface area contributed by atoms with Crippen molar-refractivity contribution >= 4 is 10.9 Å². The van der Waals surface area contributed by atoms with E-state index in [2.05, 4.69) is 27.8 Å². The zero-order valence-corrected chi connectivity index (χ0v) is 19.0. The second-order valence-electron chi connectivity index (χ2n) is 8.52. The van der Waals surface area contributed by atoms with Crippen LogP contribution in [0.2, 0.25) is 0 Å². The van der Waals surface area contributed by atoms with Crippen LogP contribution in [-0.4, -0.2) is 65.8 Å². The Morgan fingerprint density at radius 3 is 2.84 bits per heavy atom. The molecule has 6 heteroatoms. The van der Waals surface area contributed by atoms with Crippen molar-refractivity contribution in [1.82, 2.24) is 14.8 Å². The van der Waals surface area contributed by atoms with Crippen molar-refractivity contribution in [2.75, 3.05) is 39.8 Å². The quantitative estimate of drug-likeness (QED) is 0.547. The van der Waals surface area contributed by atoms with Crippen molar-refractivity contribution in [3.63, 3.8) is 0 Å². The van der Waals surface area contributed by atoms with Crippen LogP contribution in [0.5, 0.6) is 5.75 Å². The lowest BCUT2D eigenvalue weighted by Gasteiger charge is -2.41. The van der Waals surface area contributed by atoms with E-state index in [-0.39, 0.29) is 6.04 Å². The van der Waals surface area contributed by atoms with Gasteiger partial charge in [0.1, 0.15) is 5.75 Å². The number of aliphatic hydroxyl groups is 1. The number of aromatic nitrogens is 1. The molecular formula is C25H36N4O2. The van der Waals surface area contributed by atoms with Crippen LogP contribution in [0.3, 0.4) is 0 Å². The van der Waals surface area contributed by atoms with Gasteiger partial charge in [0.2, 0.25) is 0 Å². The van der Waals surface area contributed by atoms with Gasteiger partial charge >= 0.3 is 0 Å². The third kappa shape index (κ3) is 6.39. The summed E-state index contributed by atoms with van der Waals surface area (Å²) in [4.78, 5) is 9.19. The Kier molecular flexibility index (Phi) is 9.08. The Hall–Kier alpha value is -2.20. The first-order valence-corrected chi connectivity index (χ1v) is 11.6. The Labute approximate surface area is 186 Å². The number of β-amino-alcohol motifs (C(OH)–C–C–N with tert-alkyl or cyclic N) is 1. The van der Waals surface area contributed by atoms with Crippen LogP contribution < -0.4 is 4.74 Å². The number of fused-ring (bicyclic) bond motifs is 1. The standard InChI is InChI=1S/C25H36N4O2/c1-3-4-5-6-7-14-29-16-15-28(18-20(29)10-12-26)19-25(30)22-11-13-27-24-9-8-21(31-2)17-23(22)24/h8-9,11,13,17,20,25,30H,3-7,10,14-16,18-19H2,1-2H3/t20-,25+/m1/s1. The molecule has 3 rings (SSSR count). The predicted octanol–water partition coefficient (Wildman–Crippen LogP) is 4.15. The van der Waals surface area contributed by atoms with E-state index in [1.54, 1.807) is 13.3 Å². The van der Waals surface area contributed by atoms with Crippen LogP contribution in [0.25, 0.3) is 10.9 Å². The fourth-order valence-electron chi connectivity index (χ4n) is 4.54. The summed E-state index contributed by atoms with van der Waals surface area (Å²) in [6.45, 7) is 6.57. The molecule has 0 spiro atoms. The van der Waals surface area contributed by atoms with E-state index in [9.17, 15) is 10.4 Å². The van der Waals surface area contributed by atoms with Crippen molar-refractivity contribution in [1.29, 1.82) is 5.26 Å². The fraction of sp³-hybridized carbons (Fsp3) is 0.600. The Morgan fingerprint density at radius 1 is 1.23 bits per heavy atom. The molecule has 2 atom stereocenters. The number of ether oxygens (including phenoxy) is 1. The second kappa shape index (κ2) is 12.0. The normalized spacial score (nSPS) is 18.7. The molecule has 0 amide bonds. The summed E-state index contributed by atoms with van der Waals surface area (Å²) < 4.78 is 5.36. The summed E-state index contributed by atoms with van der Waals surface area (Å²) in [5.41, 5.74) is 1.73. The van der Waals surface area contributed by atoms with Crippen LogP contribution in [0, 0.1) is 11.3 Å². The lowest BCUT2D eigenvalue weighted by atomic mass is 10.0. The van der Waals surface area contributed by atoms with E-state index >= 15 is 0 Å². The van der Waals surface area contributed by atoms with Gasteiger partial charge in [-0.25, -0.2) is 0 Å². The van der Waals surface area contributed by atoms with E-state index in [0.717, 1.165) is 48.4 Å². The molecule has 0 radical (unpaired) electrons. The fourth-order valence-corrected chi connectivity index (χ4v) is 4.54. The number of piperazine rings is 1. The number of methoxy groups -OCH3 is 1. The highest BCUT2D eigenvalue weighted by molar-refractivity contribution is 5.83. The van der Waals surface area contributed by atoms with Gasteiger partial charge in [0.05, 0.1) is 31.2 Å². The van der Waals surface area contributed by atoms with Gasteiger partial charge < -0.3 is 9.84 Å². The molecule has 0 saturated carbocycles. The highest BCUT2D eigenvalue weighted by Crippen LogP contribution is 2.28. The van der Waals surface area contributed by atoms with E-state index in [1.807, 2.05) is 24.3 Å². The monoisotopic (exact) mass is 424 g/mol. The zero-order valence-electron chi connectivity index (χ0n) is 19.0. The number of pyridine rings is 1. The summed E-state index contributed by atoms with van der Waals surface area (Å²) in [6, 6.07) is 10.3. The highest BCUT2D eigenvalue weighted by Gasteiger charge is 2.28. The van der Waals surface area contributed by atoms with Gasteiger partial charge in [0, 0.05) is 43.8 Å². The Morgan fingerprint density at radius 2 is 2.06 bits per heavy atom. The maximum Gasteiger partial charge on any atom is 0.119 e. The molecule has 0 bridgehead atoms. The molecule has 1 aromatic heterocycles. The third-order valence-corrected chi connectivity index (χ3v) is 6.34. The number of unbranched alkanes of at least 4 members (excludes halogenated alkanes) is 4. The number of nitrogens with zero attached hydrogens (tertiary/aromatic N) is 4. The van der Waals surface area contributed by atoms with Crippen molar-refractivity contribution in [2.24, 2.45) is 0 Å². The number of aliphatic hydroxyl groups excluding tert-OH is 1. The third-order valence-electron chi connectivity index (χ3n) is 6.34. The molecule has 1 aliphatic heterocycles. The molecule has 1 N–H and O–H groups in total. The van der Waals surface area contributed by atoms with Gasteiger partial charge in [-0.3, -0.25) is 14.8 Å². The SMILES string of the molecule is CCCCCCCN1CCN(C[C@H](O)c2ccnc3ccc(OC)cc23)C[C@H]1CC#N. The molecule has 1 aromatic carbocycles. The van der Waals surface area contributed by atoms with Gasteiger partial charge in [0.25, 0.3) is 0 Å². The molecule has 1 fully saturated rings. The van der Waals surface area contributed by atoms with Crippen molar-refractivity contribution in [2.45, 2.75) is 57.6 Å². The topological polar surface area (TPSA) is 72.6 Å².